The van der Waals surface area contributed by atoms with Crippen LogP contribution in [0.25, 0.3) is 16.7 Å². The fourth-order valence-corrected chi connectivity index (χ4v) is 3.19. The number of fused-ring (bicyclic) bond motifs is 3. The lowest BCUT2D eigenvalue weighted by atomic mass is 10.2. The van der Waals surface area contributed by atoms with Crippen molar-refractivity contribution in [3.8, 4) is 11.6 Å². The number of unbranched alkanes of at least 4 members (excludes halogenated alkanes) is 1. The second-order valence-corrected chi connectivity index (χ2v) is 6.81. The summed E-state index contributed by atoms with van der Waals surface area (Å²) < 4.78 is 8.02. The molecule has 0 aliphatic carbocycles. The van der Waals surface area contributed by atoms with Crippen LogP contribution >= 0.6 is 0 Å². The fourth-order valence-electron chi connectivity index (χ4n) is 3.19. The van der Waals surface area contributed by atoms with Gasteiger partial charge in [0.2, 0.25) is 11.6 Å². The molecule has 2 aromatic carbocycles. The Morgan fingerprint density at radius 2 is 1.86 bits per heavy atom. The minimum Gasteiger partial charge on any atom is -0.436 e. The van der Waals surface area contributed by atoms with Crippen LogP contribution in [0.15, 0.2) is 48.5 Å². The highest BCUT2D eigenvalue weighted by Crippen LogP contribution is 2.28. The third kappa shape index (κ3) is 3.89. The molecule has 1 amide bonds. The van der Waals surface area contributed by atoms with Crippen molar-refractivity contribution in [2.75, 3.05) is 5.32 Å². The van der Waals surface area contributed by atoms with Crippen molar-refractivity contribution in [1.29, 1.82) is 0 Å². The third-order valence-corrected chi connectivity index (χ3v) is 4.69. The quantitative estimate of drug-likeness (QED) is 0.493. The third-order valence-electron chi connectivity index (χ3n) is 4.69. The standard InChI is InChI=1S/C22H23N5O2/c1-3-5-10-20(28)23-15-11-13-16(14-12-15)29-22-21-26-25-19(4-2)27(21)18-9-7-6-8-17(18)24-22/h6-9,11-14H,3-5,10H2,1-2H3,(H,23,28). The maximum atomic E-state index is 11.9. The monoisotopic (exact) mass is 389 g/mol. The molecule has 0 aliphatic heterocycles. The first kappa shape index (κ1) is 18.9. The Morgan fingerprint density at radius 3 is 2.62 bits per heavy atom. The zero-order valence-corrected chi connectivity index (χ0v) is 16.6. The van der Waals surface area contributed by atoms with E-state index in [4.69, 9.17) is 4.74 Å². The summed E-state index contributed by atoms with van der Waals surface area (Å²) in [5.74, 6) is 1.89. The SMILES string of the molecule is CCCCC(=O)Nc1ccc(Oc2nc3ccccc3n3c(CC)nnc23)cc1. The molecule has 0 spiro atoms. The molecule has 7 nitrogen and oxygen atoms in total. The minimum atomic E-state index is 0.0222. The average Bonchev–Trinajstić information content (AvgIpc) is 3.18. The molecule has 4 aromatic rings. The van der Waals surface area contributed by atoms with Gasteiger partial charge in [-0.15, -0.1) is 10.2 Å². The number of hydrogen-bond acceptors (Lipinski definition) is 5. The highest BCUT2D eigenvalue weighted by molar-refractivity contribution is 5.90. The van der Waals surface area contributed by atoms with Gasteiger partial charge in [-0.1, -0.05) is 32.4 Å². The molecule has 148 valence electrons. The van der Waals surface area contributed by atoms with E-state index in [1.807, 2.05) is 47.7 Å². The number of benzene rings is 2. The van der Waals surface area contributed by atoms with E-state index in [0.717, 1.165) is 41.8 Å². The molecular weight excluding hydrogens is 366 g/mol. The molecule has 0 aliphatic rings. The first-order valence-electron chi connectivity index (χ1n) is 9.90. The molecule has 0 fully saturated rings. The number of nitrogens with zero attached hydrogens (tertiary/aromatic N) is 4. The van der Waals surface area contributed by atoms with E-state index in [1.165, 1.54) is 0 Å². The zero-order valence-electron chi connectivity index (χ0n) is 16.6. The number of ether oxygens (including phenoxy) is 1. The van der Waals surface area contributed by atoms with Gasteiger partial charge in [0.1, 0.15) is 11.6 Å². The van der Waals surface area contributed by atoms with Crippen LogP contribution in [0, 0.1) is 0 Å². The zero-order chi connectivity index (χ0) is 20.2. The summed E-state index contributed by atoms with van der Waals surface area (Å²) in [5, 5.41) is 11.5. The maximum Gasteiger partial charge on any atom is 0.266 e. The molecule has 0 radical (unpaired) electrons. The van der Waals surface area contributed by atoms with Crippen molar-refractivity contribution < 1.29 is 9.53 Å². The van der Waals surface area contributed by atoms with E-state index in [0.29, 0.717) is 23.7 Å². The number of nitrogens with one attached hydrogen (secondary N) is 1. The van der Waals surface area contributed by atoms with Crippen molar-refractivity contribution >= 4 is 28.3 Å². The predicted octanol–water partition coefficient (Wildman–Crippen LogP) is 4.76. The van der Waals surface area contributed by atoms with E-state index in [-0.39, 0.29) is 5.91 Å². The summed E-state index contributed by atoms with van der Waals surface area (Å²) in [6.07, 6.45) is 3.16. The van der Waals surface area contributed by atoms with E-state index < -0.39 is 0 Å². The average molecular weight is 389 g/mol. The van der Waals surface area contributed by atoms with Gasteiger partial charge in [0, 0.05) is 18.5 Å². The number of para-hydroxylation sites is 2. The second kappa shape index (κ2) is 8.26. The van der Waals surface area contributed by atoms with Crippen LogP contribution in [0.5, 0.6) is 11.6 Å². The Kier molecular flexibility index (Phi) is 5.37. The first-order chi connectivity index (χ1) is 14.2. The van der Waals surface area contributed by atoms with Crippen molar-refractivity contribution in [3.63, 3.8) is 0 Å². The molecule has 0 atom stereocenters. The summed E-state index contributed by atoms with van der Waals surface area (Å²) in [6, 6.07) is 15.1. The number of rotatable bonds is 7. The Hall–Kier alpha value is -3.48. The number of amides is 1. The molecule has 2 heterocycles. The summed E-state index contributed by atoms with van der Waals surface area (Å²) >= 11 is 0. The number of aromatic nitrogens is 4. The molecule has 0 unspecified atom stereocenters. The van der Waals surface area contributed by atoms with E-state index in [1.54, 1.807) is 12.1 Å². The van der Waals surface area contributed by atoms with Crippen LogP contribution in [-0.4, -0.2) is 25.5 Å². The minimum absolute atomic E-state index is 0.0222. The maximum absolute atomic E-state index is 11.9. The molecule has 0 saturated heterocycles. The van der Waals surface area contributed by atoms with Crippen molar-refractivity contribution in [2.45, 2.75) is 39.5 Å². The van der Waals surface area contributed by atoms with Gasteiger partial charge in [-0.2, -0.15) is 0 Å². The molecule has 29 heavy (non-hydrogen) atoms. The number of carbonyl (C=O) groups is 1. The van der Waals surface area contributed by atoms with Crippen LogP contribution in [0.4, 0.5) is 5.69 Å². The molecule has 2 aromatic heterocycles. The van der Waals surface area contributed by atoms with Crippen LogP contribution < -0.4 is 10.1 Å². The molecule has 4 rings (SSSR count). The van der Waals surface area contributed by atoms with Crippen LogP contribution in [-0.2, 0) is 11.2 Å². The van der Waals surface area contributed by atoms with Gasteiger partial charge in [-0.25, -0.2) is 4.98 Å². The summed E-state index contributed by atoms with van der Waals surface area (Å²) in [4.78, 5) is 16.5. The highest BCUT2D eigenvalue weighted by Gasteiger charge is 2.15. The lowest BCUT2D eigenvalue weighted by Gasteiger charge is -2.10. The smallest absolute Gasteiger partial charge is 0.266 e. The Morgan fingerprint density at radius 1 is 1.07 bits per heavy atom. The van der Waals surface area contributed by atoms with Crippen molar-refractivity contribution in [1.82, 2.24) is 19.6 Å². The first-order valence-corrected chi connectivity index (χ1v) is 9.90. The van der Waals surface area contributed by atoms with E-state index in [9.17, 15) is 4.79 Å². The second-order valence-electron chi connectivity index (χ2n) is 6.81. The summed E-state index contributed by atoms with van der Waals surface area (Å²) in [7, 11) is 0. The van der Waals surface area contributed by atoms with E-state index in [2.05, 4.69) is 27.4 Å². The summed E-state index contributed by atoms with van der Waals surface area (Å²) in [6.45, 7) is 4.11. The summed E-state index contributed by atoms with van der Waals surface area (Å²) in [5.41, 5.74) is 3.08. The van der Waals surface area contributed by atoms with Gasteiger partial charge >= 0.3 is 0 Å². The normalized spacial score (nSPS) is 11.1. The Labute approximate surface area is 168 Å². The molecule has 1 N–H and O–H groups in total. The van der Waals surface area contributed by atoms with Crippen LogP contribution in [0.3, 0.4) is 0 Å². The molecule has 0 bridgehead atoms. The lowest BCUT2D eigenvalue weighted by molar-refractivity contribution is -0.116. The van der Waals surface area contributed by atoms with E-state index >= 15 is 0 Å². The number of aryl methyl sites for hydroxylation is 1. The molecular formula is C22H23N5O2. The Balaban J connectivity index is 1.62. The van der Waals surface area contributed by atoms with Gasteiger partial charge in [-0.3, -0.25) is 9.20 Å². The van der Waals surface area contributed by atoms with Gasteiger partial charge in [0.25, 0.3) is 5.88 Å². The largest absolute Gasteiger partial charge is 0.436 e. The predicted molar refractivity (Wildman–Crippen MR) is 112 cm³/mol. The Bertz CT molecular complexity index is 1150. The van der Waals surface area contributed by atoms with Gasteiger partial charge < -0.3 is 10.1 Å². The molecule has 7 heteroatoms. The lowest BCUT2D eigenvalue weighted by Crippen LogP contribution is -2.10. The van der Waals surface area contributed by atoms with Crippen molar-refractivity contribution in [3.05, 3.63) is 54.4 Å². The topological polar surface area (TPSA) is 81.4 Å². The van der Waals surface area contributed by atoms with Gasteiger partial charge in [-0.05, 0) is 42.8 Å². The number of hydrogen-bond donors (Lipinski definition) is 1. The van der Waals surface area contributed by atoms with Crippen molar-refractivity contribution in [2.24, 2.45) is 0 Å². The fraction of sp³-hybridized carbons (Fsp3) is 0.273. The van der Waals surface area contributed by atoms with Crippen LogP contribution in [0.1, 0.15) is 38.9 Å². The van der Waals surface area contributed by atoms with Crippen LogP contribution in [0.2, 0.25) is 0 Å². The molecule has 0 saturated carbocycles. The van der Waals surface area contributed by atoms with Gasteiger partial charge in [0.15, 0.2) is 0 Å². The number of carbonyl (C=O) groups excluding carboxylic acids is 1. The number of anilines is 1. The highest BCUT2D eigenvalue weighted by atomic mass is 16.5. The van der Waals surface area contributed by atoms with Gasteiger partial charge in [0.05, 0.1) is 11.0 Å².